The Balaban J connectivity index is 1.54. The highest BCUT2D eigenvalue weighted by atomic mass is 16.5. The molecule has 1 fully saturated rings. The van der Waals surface area contributed by atoms with Gasteiger partial charge in [0.2, 0.25) is 5.88 Å². The number of nitrogens with zero attached hydrogens (tertiary/aromatic N) is 4. The molecule has 2 aromatic rings. The molecule has 0 saturated heterocycles. The molecule has 0 N–H and O–H groups in total. The van der Waals surface area contributed by atoms with Crippen LogP contribution in [0.15, 0.2) is 24.7 Å². The zero-order valence-electron chi connectivity index (χ0n) is 15.2. The summed E-state index contributed by atoms with van der Waals surface area (Å²) in [4.78, 5) is 23.5. The first-order valence-electron chi connectivity index (χ1n) is 9.03. The number of fused-ring (bicyclic) bond motifs is 1. The zero-order chi connectivity index (χ0) is 18.1. The van der Waals surface area contributed by atoms with Crippen molar-refractivity contribution in [2.24, 2.45) is 13.0 Å². The van der Waals surface area contributed by atoms with Gasteiger partial charge < -0.3 is 18.9 Å². The minimum atomic E-state index is -0.0848. The largest absolute Gasteiger partial charge is 0.480 e. The number of aryl methyl sites for hydroxylation is 1. The Hall–Kier alpha value is -2.41. The van der Waals surface area contributed by atoms with Gasteiger partial charge in [0, 0.05) is 38.0 Å². The number of carbonyl (C=O) groups is 1. The maximum Gasteiger partial charge on any atom is 0.259 e. The number of hydrogen-bond donors (Lipinski definition) is 0. The Kier molecular flexibility index (Phi) is 4.63. The molecule has 1 saturated carbocycles. The number of pyridine rings is 1. The van der Waals surface area contributed by atoms with Gasteiger partial charge in [-0.05, 0) is 30.9 Å². The van der Waals surface area contributed by atoms with Gasteiger partial charge >= 0.3 is 0 Å². The fourth-order valence-electron chi connectivity index (χ4n) is 3.57. The van der Waals surface area contributed by atoms with Crippen LogP contribution in [0.5, 0.6) is 5.88 Å². The number of hydrogen-bond acceptors (Lipinski definition) is 5. The molecule has 1 amide bonds. The molecule has 138 valence electrons. The third-order valence-electron chi connectivity index (χ3n) is 5.08. The van der Waals surface area contributed by atoms with Gasteiger partial charge in [-0.3, -0.25) is 4.79 Å². The lowest BCUT2D eigenvalue weighted by Gasteiger charge is -2.33. The van der Waals surface area contributed by atoms with Crippen molar-refractivity contribution in [2.75, 3.05) is 26.9 Å². The molecular formula is C19H24N4O3. The number of amides is 1. The maximum atomic E-state index is 13.1. The monoisotopic (exact) mass is 356 g/mol. The van der Waals surface area contributed by atoms with Crippen LogP contribution in [0.25, 0.3) is 0 Å². The van der Waals surface area contributed by atoms with Crippen molar-refractivity contribution in [2.45, 2.75) is 25.3 Å². The normalized spacial score (nSPS) is 19.3. The maximum absolute atomic E-state index is 13.1. The van der Waals surface area contributed by atoms with Crippen molar-refractivity contribution in [1.29, 1.82) is 0 Å². The molecule has 1 aliphatic heterocycles. The Morgan fingerprint density at radius 3 is 2.92 bits per heavy atom. The molecule has 1 aliphatic carbocycles. The lowest BCUT2D eigenvalue weighted by Crippen LogP contribution is -2.40. The molecule has 4 rings (SSSR count). The van der Waals surface area contributed by atoms with E-state index in [9.17, 15) is 4.79 Å². The molecule has 2 aromatic heterocycles. The molecule has 0 aromatic carbocycles. The number of aromatic nitrogens is 3. The van der Waals surface area contributed by atoms with Crippen LogP contribution in [0, 0.1) is 5.92 Å². The van der Waals surface area contributed by atoms with Crippen LogP contribution >= 0.6 is 0 Å². The van der Waals surface area contributed by atoms with Gasteiger partial charge in [0.1, 0.15) is 5.56 Å². The molecule has 2 aliphatic rings. The highest BCUT2D eigenvalue weighted by Crippen LogP contribution is 2.32. The minimum Gasteiger partial charge on any atom is -0.480 e. The van der Waals surface area contributed by atoms with Crippen LogP contribution in [0.3, 0.4) is 0 Å². The molecule has 0 unspecified atom stereocenters. The average molecular weight is 356 g/mol. The molecule has 3 heterocycles. The van der Waals surface area contributed by atoms with E-state index in [1.54, 1.807) is 18.3 Å². The molecule has 0 spiro atoms. The highest BCUT2D eigenvalue weighted by Gasteiger charge is 2.33. The minimum absolute atomic E-state index is 0.0848. The van der Waals surface area contributed by atoms with Gasteiger partial charge in [-0.25, -0.2) is 9.97 Å². The third kappa shape index (κ3) is 3.31. The van der Waals surface area contributed by atoms with E-state index < -0.39 is 0 Å². The summed E-state index contributed by atoms with van der Waals surface area (Å²) in [6, 6.07) is 3.50. The Bertz CT molecular complexity index is 800. The molecule has 1 atom stereocenters. The van der Waals surface area contributed by atoms with E-state index in [0.717, 1.165) is 18.2 Å². The fourth-order valence-corrected chi connectivity index (χ4v) is 3.57. The van der Waals surface area contributed by atoms with E-state index in [1.807, 2.05) is 22.8 Å². The van der Waals surface area contributed by atoms with Crippen LogP contribution < -0.4 is 4.74 Å². The lowest BCUT2D eigenvalue weighted by atomic mass is 9.98. The van der Waals surface area contributed by atoms with E-state index >= 15 is 0 Å². The topological polar surface area (TPSA) is 69.5 Å². The summed E-state index contributed by atoms with van der Waals surface area (Å²) < 4.78 is 13.2. The standard InChI is InChI=1S/C19H24N4O3/c1-22-12-21-16-9-23(19(24)15-4-3-7-20-18(15)25-2)8-14(17(16)22)11-26-10-13-5-6-13/h3-4,7,12-14H,5-6,8-11H2,1-2H3/t14-/m0/s1. The summed E-state index contributed by atoms with van der Waals surface area (Å²) in [5.74, 6) is 1.11. The van der Waals surface area contributed by atoms with Gasteiger partial charge in [0.15, 0.2) is 0 Å². The van der Waals surface area contributed by atoms with Gasteiger partial charge in [-0.1, -0.05) is 0 Å². The Morgan fingerprint density at radius 2 is 2.15 bits per heavy atom. The molecule has 26 heavy (non-hydrogen) atoms. The van der Waals surface area contributed by atoms with Crippen LogP contribution in [0.2, 0.25) is 0 Å². The third-order valence-corrected chi connectivity index (χ3v) is 5.08. The van der Waals surface area contributed by atoms with E-state index in [-0.39, 0.29) is 11.8 Å². The second kappa shape index (κ2) is 7.07. The summed E-state index contributed by atoms with van der Waals surface area (Å²) in [5.41, 5.74) is 2.59. The van der Waals surface area contributed by atoms with Crippen LogP contribution in [0.4, 0.5) is 0 Å². The van der Waals surface area contributed by atoms with Gasteiger partial charge in [-0.15, -0.1) is 0 Å². The lowest BCUT2D eigenvalue weighted by molar-refractivity contribution is 0.0615. The number of methoxy groups -OCH3 is 1. The smallest absolute Gasteiger partial charge is 0.259 e. The van der Waals surface area contributed by atoms with Crippen molar-refractivity contribution in [1.82, 2.24) is 19.4 Å². The van der Waals surface area contributed by atoms with E-state index in [0.29, 0.717) is 31.1 Å². The van der Waals surface area contributed by atoms with Crippen LogP contribution in [-0.2, 0) is 18.3 Å². The Morgan fingerprint density at radius 1 is 1.31 bits per heavy atom. The quantitative estimate of drug-likeness (QED) is 0.792. The summed E-state index contributed by atoms with van der Waals surface area (Å²) >= 11 is 0. The fraction of sp³-hybridized carbons (Fsp3) is 0.526. The van der Waals surface area contributed by atoms with Crippen molar-refractivity contribution >= 4 is 5.91 Å². The second-order valence-corrected chi connectivity index (χ2v) is 7.11. The van der Waals surface area contributed by atoms with E-state index in [1.165, 1.54) is 25.6 Å². The predicted octanol–water partition coefficient (Wildman–Crippen LogP) is 1.99. The van der Waals surface area contributed by atoms with Gasteiger partial charge in [-0.2, -0.15) is 0 Å². The number of imidazole rings is 1. The molecule has 7 heteroatoms. The van der Waals surface area contributed by atoms with Crippen LogP contribution in [0.1, 0.15) is 40.5 Å². The van der Waals surface area contributed by atoms with Crippen LogP contribution in [-0.4, -0.2) is 52.2 Å². The van der Waals surface area contributed by atoms with E-state index in [4.69, 9.17) is 9.47 Å². The highest BCUT2D eigenvalue weighted by molar-refractivity contribution is 5.96. The first kappa shape index (κ1) is 17.0. The number of ether oxygens (including phenoxy) is 2. The molecule has 0 bridgehead atoms. The summed E-state index contributed by atoms with van der Waals surface area (Å²) in [5, 5.41) is 0. The van der Waals surface area contributed by atoms with Crippen molar-refractivity contribution < 1.29 is 14.3 Å². The Labute approximate surface area is 152 Å². The van der Waals surface area contributed by atoms with Crippen molar-refractivity contribution in [3.63, 3.8) is 0 Å². The van der Waals surface area contributed by atoms with Gasteiger partial charge in [0.25, 0.3) is 5.91 Å². The number of carbonyl (C=O) groups excluding carboxylic acids is 1. The average Bonchev–Trinajstić information content (AvgIpc) is 3.42. The summed E-state index contributed by atoms with van der Waals surface area (Å²) in [6.07, 6.45) is 5.98. The SMILES string of the molecule is COc1ncccc1C(=O)N1Cc2ncn(C)c2[C@H](COCC2CC2)C1. The van der Waals surface area contributed by atoms with E-state index in [2.05, 4.69) is 9.97 Å². The summed E-state index contributed by atoms with van der Waals surface area (Å²) in [6.45, 7) is 2.52. The second-order valence-electron chi connectivity index (χ2n) is 7.11. The van der Waals surface area contributed by atoms with Crippen molar-refractivity contribution in [3.8, 4) is 5.88 Å². The number of rotatable bonds is 6. The predicted molar refractivity (Wildman–Crippen MR) is 95.0 cm³/mol. The molecule has 0 radical (unpaired) electrons. The molecule has 7 nitrogen and oxygen atoms in total. The summed E-state index contributed by atoms with van der Waals surface area (Å²) in [7, 11) is 3.53. The molecular weight excluding hydrogens is 332 g/mol. The first-order chi connectivity index (χ1) is 12.7. The van der Waals surface area contributed by atoms with Crippen molar-refractivity contribution in [3.05, 3.63) is 41.6 Å². The first-order valence-corrected chi connectivity index (χ1v) is 9.03. The van der Waals surface area contributed by atoms with Gasteiger partial charge in [0.05, 0.1) is 32.3 Å². The zero-order valence-corrected chi connectivity index (χ0v) is 15.2.